The minimum atomic E-state index is -0.958. The molecule has 1 aromatic heterocycles. The highest BCUT2D eigenvalue weighted by Crippen LogP contribution is 2.16. The third kappa shape index (κ3) is 4.08. The van der Waals surface area contributed by atoms with Crippen LogP contribution in [0, 0.1) is 0 Å². The quantitative estimate of drug-likeness (QED) is 0.346. The van der Waals surface area contributed by atoms with Crippen LogP contribution in [0.15, 0.2) is 40.4 Å². The zero-order valence-corrected chi connectivity index (χ0v) is 12.1. The number of hydrogen-bond donors (Lipinski definition) is 4. The molecule has 1 aromatic carbocycles. The SMILES string of the molecule is NC(N)=NCCC[C@H](N=Cc1c[nH]c2ccccc12)C(=O)O. The second kappa shape index (κ2) is 7.26. The van der Waals surface area contributed by atoms with Crippen LogP contribution < -0.4 is 11.5 Å². The Hall–Kier alpha value is -2.83. The normalized spacial score (nSPS) is 12.5. The van der Waals surface area contributed by atoms with Crippen LogP contribution in [0.4, 0.5) is 0 Å². The smallest absolute Gasteiger partial charge is 0.328 e. The number of aliphatic carboxylic acids is 1. The molecule has 22 heavy (non-hydrogen) atoms. The van der Waals surface area contributed by atoms with Gasteiger partial charge in [-0.3, -0.25) is 9.98 Å². The van der Waals surface area contributed by atoms with Gasteiger partial charge in [0, 0.05) is 35.4 Å². The van der Waals surface area contributed by atoms with Crippen LogP contribution in [0.2, 0.25) is 0 Å². The minimum Gasteiger partial charge on any atom is -0.480 e. The lowest BCUT2D eigenvalue weighted by atomic mass is 10.1. The van der Waals surface area contributed by atoms with Crippen molar-refractivity contribution in [3.05, 3.63) is 36.0 Å². The number of rotatable bonds is 7. The van der Waals surface area contributed by atoms with Crippen molar-refractivity contribution in [1.29, 1.82) is 0 Å². The lowest BCUT2D eigenvalue weighted by molar-refractivity contribution is -0.138. The Morgan fingerprint density at radius 2 is 2.14 bits per heavy atom. The first-order valence-electron chi connectivity index (χ1n) is 6.95. The third-order valence-electron chi connectivity index (χ3n) is 3.23. The van der Waals surface area contributed by atoms with E-state index < -0.39 is 12.0 Å². The molecule has 7 nitrogen and oxygen atoms in total. The Morgan fingerprint density at radius 3 is 2.86 bits per heavy atom. The Morgan fingerprint density at radius 1 is 1.36 bits per heavy atom. The molecule has 0 spiro atoms. The van der Waals surface area contributed by atoms with Crippen LogP contribution in [-0.4, -0.2) is 40.8 Å². The number of nitrogens with two attached hydrogens (primary N) is 2. The predicted octanol–water partition coefficient (Wildman–Crippen LogP) is 1.09. The van der Waals surface area contributed by atoms with Gasteiger partial charge in [-0.25, -0.2) is 4.79 Å². The average Bonchev–Trinajstić information content (AvgIpc) is 2.89. The van der Waals surface area contributed by atoms with Gasteiger partial charge in [0.15, 0.2) is 5.96 Å². The lowest BCUT2D eigenvalue weighted by Gasteiger charge is -2.05. The Balaban J connectivity index is 2.04. The zero-order valence-electron chi connectivity index (χ0n) is 12.1. The molecule has 0 radical (unpaired) electrons. The van der Waals surface area contributed by atoms with E-state index in [1.165, 1.54) is 0 Å². The number of carbonyl (C=O) groups is 1. The van der Waals surface area contributed by atoms with Crippen molar-refractivity contribution in [3.8, 4) is 0 Å². The predicted molar refractivity (Wildman–Crippen MR) is 87.2 cm³/mol. The van der Waals surface area contributed by atoms with Crippen LogP contribution in [0.5, 0.6) is 0 Å². The maximum atomic E-state index is 11.2. The summed E-state index contributed by atoms with van der Waals surface area (Å²) in [6.07, 6.45) is 4.34. The number of aliphatic imine (C=N–C) groups is 2. The molecule has 2 rings (SSSR count). The van der Waals surface area contributed by atoms with Crippen LogP contribution in [0.25, 0.3) is 10.9 Å². The number of aromatic amines is 1. The molecule has 0 aliphatic rings. The molecule has 0 fully saturated rings. The first-order valence-corrected chi connectivity index (χ1v) is 6.95. The van der Waals surface area contributed by atoms with E-state index in [1.54, 1.807) is 6.21 Å². The summed E-state index contributed by atoms with van der Waals surface area (Å²) in [7, 11) is 0. The van der Waals surface area contributed by atoms with Crippen molar-refractivity contribution < 1.29 is 9.90 Å². The van der Waals surface area contributed by atoms with Crippen molar-refractivity contribution in [1.82, 2.24) is 4.98 Å². The molecular weight excluding hydrogens is 282 g/mol. The van der Waals surface area contributed by atoms with Gasteiger partial charge in [-0.15, -0.1) is 0 Å². The number of fused-ring (bicyclic) bond motifs is 1. The standard InChI is InChI=1S/C15H19N5O2/c16-15(17)18-7-3-6-13(14(21)22)20-9-10-8-19-12-5-2-1-4-11(10)12/h1-2,4-5,8-9,13,19H,3,6-7H2,(H,21,22)(H4,16,17,18)/t13-/m0/s1. The van der Waals surface area contributed by atoms with E-state index in [0.717, 1.165) is 16.5 Å². The minimum absolute atomic E-state index is 0.00849. The summed E-state index contributed by atoms with van der Waals surface area (Å²) in [4.78, 5) is 22.4. The van der Waals surface area contributed by atoms with Crippen LogP contribution in [0.3, 0.4) is 0 Å². The Labute approximate surface area is 127 Å². The second-order valence-electron chi connectivity index (χ2n) is 4.87. The Kier molecular flexibility index (Phi) is 5.13. The molecule has 116 valence electrons. The molecule has 0 aliphatic carbocycles. The summed E-state index contributed by atoms with van der Waals surface area (Å²) in [5.74, 6) is -0.949. The fraction of sp³-hybridized carbons (Fsp3) is 0.267. The number of nitrogens with zero attached hydrogens (tertiary/aromatic N) is 2. The van der Waals surface area contributed by atoms with Crippen molar-refractivity contribution >= 4 is 29.0 Å². The summed E-state index contributed by atoms with van der Waals surface area (Å²) in [5.41, 5.74) is 12.3. The summed E-state index contributed by atoms with van der Waals surface area (Å²) >= 11 is 0. The number of para-hydroxylation sites is 1. The van der Waals surface area contributed by atoms with E-state index >= 15 is 0 Å². The number of aromatic nitrogens is 1. The zero-order chi connectivity index (χ0) is 15.9. The summed E-state index contributed by atoms with van der Waals surface area (Å²) < 4.78 is 0. The first kappa shape index (κ1) is 15.6. The highest BCUT2D eigenvalue weighted by Gasteiger charge is 2.14. The van der Waals surface area contributed by atoms with Gasteiger partial charge in [0.1, 0.15) is 6.04 Å². The second-order valence-corrected chi connectivity index (χ2v) is 4.87. The van der Waals surface area contributed by atoms with Crippen molar-refractivity contribution in [2.75, 3.05) is 6.54 Å². The maximum Gasteiger partial charge on any atom is 0.328 e. The highest BCUT2D eigenvalue weighted by atomic mass is 16.4. The number of nitrogens with one attached hydrogen (secondary N) is 1. The van der Waals surface area contributed by atoms with Gasteiger partial charge in [0.2, 0.25) is 0 Å². The molecule has 0 amide bonds. The molecule has 0 saturated carbocycles. The molecule has 0 bridgehead atoms. The van der Waals surface area contributed by atoms with Gasteiger partial charge in [-0.05, 0) is 18.9 Å². The van der Waals surface area contributed by atoms with Crippen molar-refractivity contribution in [2.45, 2.75) is 18.9 Å². The van der Waals surface area contributed by atoms with Gasteiger partial charge >= 0.3 is 5.97 Å². The molecule has 0 aliphatic heterocycles. The van der Waals surface area contributed by atoms with Gasteiger partial charge in [0.05, 0.1) is 0 Å². The molecule has 7 heteroatoms. The third-order valence-corrected chi connectivity index (χ3v) is 3.23. The number of benzene rings is 1. The molecule has 0 saturated heterocycles. The molecule has 1 atom stereocenters. The van der Waals surface area contributed by atoms with Gasteiger partial charge < -0.3 is 21.6 Å². The van der Waals surface area contributed by atoms with Crippen LogP contribution in [0.1, 0.15) is 18.4 Å². The largest absolute Gasteiger partial charge is 0.480 e. The number of H-pyrrole nitrogens is 1. The van der Waals surface area contributed by atoms with Crippen LogP contribution >= 0.6 is 0 Å². The number of carboxylic acid groups (broad SMARTS) is 1. The van der Waals surface area contributed by atoms with Crippen molar-refractivity contribution in [3.63, 3.8) is 0 Å². The van der Waals surface area contributed by atoms with Crippen molar-refractivity contribution in [2.24, 2.45) is 21.5 Å². The van der Waals surface area contributed by atoms with E-state index in [9.17, 15) is 9.90 Å². The molecule has 1 heterocycles. The highest BCUT2D eigenvalue weighted by molar-refractivity contribution is 5.99. The molecular formula is C15H19N5O2. The number of carboxylic acids is 1. The van der Waals surface area contributed by atoms with Gasteiger partial charge in [0.25, 0.3) is 0 Å². The van der Waals surface area contributed by atoms with E-state index in [1.807, 2.05) is 30.5 Å². The number of guanidine groups is 1. The van der Waals surface area contributed by atoms with Crippen LogP contribution in [-0.2, 0) is 4.79 Å². The summed E-state index contributed by atoms with van der Waals surface area (Å²) in [6.45, 7) is 0.398. The summed E-state index contributed by atoms with van der Waals surface area (Å²) in [6, 6.07) is 6.97. The Bertz CT molecular complexity index is 701. The van der Waals surface area contributed by atoms with Gasteiger partial charge in [-0.2, -0.15) is 0 Å². The van der Waals surface area contributed by atoms with E-state index in [4.69, 9.17) is 11.5 Å². The molecule has 0 unspecified atom stereocenters. The van der Waals surface area contributed by atoms with Gasteiger partial charge in [-0.1, -0.05) is 18.2 Å². The van der Waals surface area contributed by atoms with E-state index in [0.29, 0.717) is 19.4 Å². The van der Waals surface area contributed by atoms with E-state index in [-0.39, 0.29) is 5.96 Å². The maximum absolute atomic E-state index is 11.2. The molecule has 6 N–H and O–H groups in total. The first-order chi connectivity index (χ1) is 10.6. The average molecular weight is 301 g/mol. The van der Waals surface area contributed by atoms with E-state index in [2.05, 4.69) is 15.0 Å². The number of hydrogen-bond acceptors (Lipinski definition) is 3. The lowest BCUT2D eigenvalue weighted by Crippen LogP contribution is -2.23. The monoisotopic (exact) mass is 301 g/mol. The molecule has 2 aromatic rings. The summed E-state index contributed by atoms with van der Waals surface area (Å²) in [5, 5.41) is 10.2. The fourth-order valence-electron chi connectivity index (χ4n) is 2.13. The topological polar surface area (TPSA) is 130 Å². The fourth-order valence-corrected chi connectivity index (χ4v) is 2.13.